The summed E-state index contributed by atoms with van der Waals surface area (Å²) in [7, 11) is 0. The fourth-order valence-electron chi connectivity index (χ4n) is 1.11. The Morgan fingerprint density at radius 3 is 3.13 bits per heavy atom. The maximum Gasteiger partial charge on any atom is 0.185 e. The van der Waals surface area contributed by atoms with Crippen molar-refractivity contribution in [2.75, 3.05) is 5.75 Å². The summed E-state index contributed by atoms with van der Waals surface area (Å²) in [6.45, 7) is 1.68. The van der Waals surface area contributed by atoms with E-state index in [2.05, 4.69) is 0 Å². The van der Waals surface area contributed by atoms with E-state index in [0.29, 0.717) is 0 Å². The van der Waals surface area contributed by atoms with Crippen LogP contribution < -0.4 is 0 Å². The van der Waals surface area contributed by atoms with E-state index >= 15 is 0 Å². The highest BCUT2D eigenvalue weighted by atomic mass is 32.2. The average Bonchev–Trinajstić information content (AvgIpc) is 2.64. The number of carbonyl (C=O) groups is 1. The van der Waals surface area contributed by atoms with Crippen molar-refractivity contribution in [1.29, 1.82) is 0 Å². The third-order valence-corrected chi connectivity index (χ3v) is 3.58. The Kier molecular flexibility index (Phi) is 5.68. The number of hydrogen-bond donors (Lipinski definition) is 1. The summed E-state index contributed by atoms with van der Waals surface area (Å²) in [4.78, 5) is 11.6. The molecule has 0 aliphatic heterocycles. The molecule has 2 nitrogen and oxygen atoms in total. The van der Waals surface area contributed by atoms with Crippen molar-refractivity contribution < 1.29 is 9.90 Å². The summed E-state index contributed by atoms with van der Waals surface area (Å²) in [5.41, 5.74) is 1.08. The quantitative estimate of drug-likeness (QED) is 0.807. The minimum absolute atomic E-state index is 0.0968. The van der Waals surface area contributed by atoms with Gasteiger partial charge in [-0.2, -0.15) is 0 Å². The molecule has 0 amide bonds. The van der Waals surface area contributed by atoms with E-state index in [-0.39, 0.29) is 11.7 Å². The standard InChI is InChI=1S/C11H14O2S2/c1-9(13)14-6-3-2-4-10-5-7-15-11(10)8-12/h2,4-5,7,12H,3,6,8H2,1H3. The van der Waals surface area contributed by atoms with Crippen LogP contribution in [0.15, 0.2) is 17.5 Å². The van der Waals surface area contributed by atoms with E-state index in [1.807, 2.05) is 23.6 Å². The molecule has 1 heterocycles. The monoisotopic (exact) mass is 242 g/mol. The van der Waals surface area contributed by atoms with E-state index in [1.165, 1.54) is 11.8 Å². The molecule has 0 fully saturated rings. The van der Waals surface area contributed by atoms with Crippen LogP contribution in [0.4, 0.5) is 0 Å². The Morgan fingerprint density at radius 1 is 1.67 bits per heavy atom. The van der Waals surface area contributed by atoms with Crippen LogP contribution in [-0.4, -0.2) is 16.0 Å². The van der Waals surface area contributed by atoms with Crippen LogP contribution in [0.1, 0.15) is 23.8 Å². The van der Waals surface area contributed by atoms with Crippen molar-refractivity contribution in [1.82, 2.24) is 0 Å². The van der Waals surface area contributed by atoms with Crippen LogP contribution in [0, 0.1) is 0 Å². The van der Waals surface area contributed by atoms with Crippen molar-refractivity contribution in [3.63, 3.8) is 0 Å². The molecule has 0 atom stereocenters. The molecule has 1 aromatic rings. The predicted molar refractivity (Wildman–Crippen MR) is 67.0 cm³/mol. The number of carbonyl (C=O) groups excluding carboxylic acids is 1. The molecule has 0 bridgehead atoms. The fraction of sp³-hybridized carbons (Fsp3) is 0.364. The van der Waals surface area contributed by atoms with Gasteiger partial charge in [0.25, 0.3) is 0 Å². The lowest BCUT2D eigenvalue weighted by Gasteiger charge is -1.94. The first-order valence-corrected chi connectivity index (χ1v) is 6.57. The van der Waals surface area contributed by atoms with Gasteiger partial charge in [-0.3, -0.25) is 4.79 Å². The highest BCUT2D eigenvalue weighted by Gasteiger charge is 1.98. The number of thiophene rings is 1. The first kappa shape index (κ1) is 12.5. The number of aliphatic hydroxyl groups excluding tert-OH is 1. The van der Waals surface area contributed by atoms with Crippen LogP contribution in [0.5, 0.6) is 0 Å². The molecule has 1 rings (SSSR count). The van der Waals surface area contributed by atoms with E-state index in [9.17, 15) is 4.79 Å². The zero-order valence-electron chi connectivity index (χ0n) is 8.60. The zero-order chi connectivity index (χ0) is 11.1. The second-order valence-corrected chi connectivity index (χ2v) is 5.26. The Bertz CT molecular complexity index is 342. The van der Waals surface area contributed by atoms with Crippen molar-refractivity contribution in [3.8, 4) is 0 Å². The minimum Gasteiger partial charge on any atom is -0.391 e. The molecule has 0 aliphatic rings. The lowest BCUT2D eigenvalue weighted by molar-refractivity contribution is -0.109. The van der Waals surface area contributed by atoms with E-state index in [0.717, 1.165) is 22.6 Å². The van der Waals surface area contributed by atoms with E-state index in [4.69, 9.17) is 5.11 Å². The van der Waals surface area contributed by atoms with Crippen molar-refractivity contribution in [2.24, 2.45) is 0 Å². The van der Waals surface area contributed by atoms with Gasteiger partial charge in [-0.1, -0.05) is 23.9 Å². The van der Waals surface area contributed by atoms with Crippen LogP contribution in [-0.2, 0) is 11.4 Å². The predicted octanol–water partition coefficient (Wildman–Crippen LogP) is 2.92. The highest BCUT2D eigenvalue weighted by molar-refractivity contribution is 8.13. The maximum absolute atomic E-state index is 10.6. The third-order valence-electron chi connectivity index (χ3n) is 1.81. The summed E-state index contributed by atoms with van der Waals surface area (Å²) >= 11 is 2.90. The molecule has 1 N–H and O–H groups in total. The van der Waals surface area contributed by atoms with Crippen LogP contribution in [0.25, 0.3) is 6.08 Å². The summed E-state index contributed by atoms with van der Waals surface area (Å²) in [6, 6.07) is 1.99. The second kappa shape index (κ2) is 6.82. The SMILES string of the molecule is CC(=O)SCCC=Cc1ccsc1CO. The largest absolute Gasteiger partial charge is 0.391 e. The number of aliphatic hydroxyl groups is 1. The second-order valence-electron chi connectivity index (χ2n) is 2.99. The lowest BCUT2D eigenvalue weighted by Crippen LogP contribution is -1.84. The van der Waals surface area contributed by atoms with Crippen LogP contribution >= 0.6 is 23.1 Å². The van der Waals surface area contributed by atoms with E-state index in [1.54, 1.807) is 18.3 Å². The van der Waals surface area contributed by atoms with Gasteiger partial charge in [0.05, 0.1) is 6.61 Å². The van der Waals surface area contributed by atoms with Gasteiger partial charge in [0, 0.05) is 17.6 Å². The molecule has 1 aromatic heterocycles. The topological polar surface area (TPSA) is 37.3 Å². The normalized spacial score (nSPS) is 11.1. The van der Waals surface area contributed by atoms with Gasteiger partial charge in [0.1, 0.15) is 0 Å². The van der Waals surface area contributed by atoms with Crippen LogP contribution in [0.3, 0.4) is 0 Å². The van der Waals surface area contributed by atoms with Gasteiger partial charge in [-0.05, 0) is 23.4 Å². The molecule has 82 valence electrons. The fourth-order valence-corrected chi connectivity index (χ4v) is 2.38. The van der Waals surface area contributed by atoms with Gasteiger partial charge in [-0.25, -0.2) is 0 Å². The van der Waals surface area contributed by atoms with Crippen LogP contribution in [0.2, 0.25) is 0 Å². The molecule has 15 heavy (non-hydrogen) atoms. The van der Waals surface area contributed by atoms with Gasteiger partial charge >= 0.3 is 0 Å². The molecular weight excluding hydrogens is 228 g/mol. The maximum atomic E-state index is 10.6. The van der Waals surface area contributed by atoms with Gasteiger partial charge in [0.15, 0.2) is 5.12 Å². The summed E-state index contributed by atoms with van der Waals surface area (Å²) in [6.07, 6.45) is 4.92. The highest BCUT2D eigenvalue weighted by Crippen LogP contribution is 2.18. The average molecular weight is 242 g/mol. The number of hydrogen-bond acceptors (Lipinski definition) is 4. The van der Waals surface area contributed by atoms with Gasteiger partial charge in [0.2, 0.25) is 0 Å². The molecule has 0 aliphatic carbocycles. The summed E-state index contributed by atoms with van der Waals surface area (Å²) < 4.78 is 0. The number of thioether (sulfide) groups is 1. The van der Waals surface area contributed by atoms with Crippen molar-refractivity contribution in [2.45, 2.75) is 20.0 Å². The minimum atomic E-state index is 0.0968. The Hall–Kier alpha value is -0.580. The molecule has 0 spiro atoms. The molecule has 0 aromatic carbocycles. The summed E-state index contributed by atoms with van der Waals surface area (Å²) in [5, 5.41) is 11.1. The Labute approximate surface area is 98.0 Å². The summed E-state index contributed by atoms with van der Waals surface area (Å²) in [5.74, 6) is 0.824. The molecule has 0 unspecified atom stereocenters. The third kappa shape index (κ3) is 4.64. The number of rotatable bonds is 5. The zero-order valence-corrected chi connectivity index (χ0v) is 10.2. The van der Waals surface area contributed by atoms with Crippen molar-refractivity contribution >= 4 is 34.3 Å². The molecule has 0 radical (unpaired) electrons. The first-order valence-electron chi connectivity index (χ1n) is 4.71. The Balaban J connectivity index is 2.34. The first-order chi connectivity index (χ1) is 7.24. The molecule has 0 saturated carbocycles. The molecule has 4 heteroatoms. The number of allylic oxidation sites excluding steroid dienone is 1. The Morgan fingerprint density at radius 2 is 2.47 bits per heavy atom. The molecular formula is C11H14O2S2. The van der Waals surface area contributed by atoms with Crippen molar-refractivity contribution in [3.05, 3.63) is 28.0 Å². The smallest absolute Gasteiger partial charge is 0.185 e. The van der Waals surface area contributed by atoms with Gasteiger partial charge < -0.3 is 5.11 Å². The lowest BCUT2D eigenvalue weighted by atomic mass is 10.2. The molecule has 0 saturated heterocycles. The van der Waals surface area contributed by atoms with Gasteiger partial charge in [-0.15, -0.1) is 11.3 Å². The van der Waals surface area contributed by atoms with E-state index < -0.39 is 0 Å².